The molecule has 4 aromatic heterocycles. The standard InChI is InChI=1S/C17H16N4.C13H8N4/c1-17(2,3)15-19-16-18-11-14(12-21(16)20-15)10-9-13-7-5-4-6-8-13;1-2-4-11(5-3-1)6-7-12-8-14-13-15-10-16-17(13)9-12/h4-8,11-12H,1-3H3;1-5,8-10H. The zero-order valence-electron chi connectivity index (χ0n) is 21.2. The first kappa shape index (κ1) is 24.4. The molecule has 0 spiro atoms. The molecule has 8 nitrogen and oxygen atoms in total. The van der Waals surface area contributed by atoms with E-state index in [1.165, 1.54) is 6.33 Å². The van der Waals surface area contributed by atoms with Gasteiger partial charge < -0.3 is 0 Å². The van der Waals surface area contributed by atoms with Crippen molar-refractivity contribution in [3.63, 3.8) is 0 Å². The van der Waals surface area contributed by atoms with E-state index < -0.39 is 0 Å². The largest absolute Gasteiger partial charge is 0.252 e. The van der Waals surface area contributed by atoms with Crippen LogP contribution in [0.15, 0.2) is 91.8 Å². The molecule has 0 amide bonds. The van der Waals surface area contributed by atoms with Crippen LogP contribution in [-0.4, -0.2) is 39.2 Å². The number of hydrogen-bond donors (Lipinski definition) is 0. The smallest absolute Gasteiger partial charge is 0.218 e. The minimum Gasteiger partial charge on any atom is -0.218 e. The Labute approximate surface area is 220 Å². The average molecular weight is 497 g/mol. The maximum Gasteiger partial charge on any atom is 0.252 e. The molecule has 184 valence electrons. The van der Waals surface area contributed by atoms with Crippen molar-refractivity contribution in [2.24, 2.45) is 0 Å². The van der Waals surface area contributed by atoms with Crippen molar-refractivity contribution in [1.29, 1.82) is 0 Å². The van der Waals surface area contributed by atoms with Crippen LogP contribution in [-0.2, 0) is 5.41 Å². The third-order valence-electron chi connectivity index (χ3n) is 5.25. The zero-order chi connectivity index (χ0) is 26.4. The third kappa shape index (κ3) is 6.07. The summed E-state index contributed by atoms with van der Waals surface area (Å²) in [4.78, 5) is 16.9. The van der Waals surface area contributed by atoms with Crippen LogP contribution in [0.5, 0.6) is 0 Å². The van der Waals surface area contributed by atoms with Gasteiger partial charge in [0.2, 0.25) is 0 Å². The Hall–Kier alpha value is -5.34. The first-order valence-electron chi connectivity index (χ1n) is 12.0. The topological polar surface area (TPSA) is 86.2 Å². The molecule has 0 atom stereocenters. The van der Waals surface area contributed by atoms with Gasteiger partial charge in [0.15, 0.2) is 5.82 Å². The summed E-state index contributed by atoms with van der Waals surface area (Å²) in [6.45, 7) is 6.24. The fourth-order valence-corrected chi connectivity index (χ4v) is 3.28. The van der Waals surface area contributed by atoms with E-state index >= 15 is 0 Å². The fraction of sp³-hybridized carbons (Fsp3) is 0.133. The highest BCUT2D eigenvalue weighted by molar-refractivity contribution is 5.43. The second-order valence-electron chi connectivity index (χ2n) is 9.35. The van der Waals surface area contributed by atoms with Gasteiger partial charge in [-0.2, -0.15) is 15.1 Å². The highest BCUT2D eigenvalue weighted by atomic mass is 15.3. The average Bonchev–Trinajstić information content (AvgIpc) is 3.59. The second kappa shape index (κ2) is 10.7. The van der Waals surface area contributed by atoms with Gasteiger partial charge in [-0.05, 0) is 24.3 Å². The van der Waals surface area contributed by atoms with Crippen molar-refractivity contribution in [2.45, 2.75) is 26.2 Å². The summed E-state index contributed by atoms with van der Waals surface area (Å²) in [5.41, 5.74) is 3.49. The summed E-state index contributed by atoms with van der Waals surface area (Å²) in [5.74, 6) is 14.3. The quantitative estimate of drug-likeness (QED) is 0.291. The number of nitrogens with zero attached hydrogens (tertiary/aromatic N) is 8. The van der Waals surface area contributed by atoms with Crippen molar-refractivity contribution >= 4 is 11.6 Å². The van der Waals surface area contributed by atoms with Crippen LogP contribution in [0.3, 0.4) is 0 Å². The van der Waals surface area contributed by atoms with Crippen LogP contribution in [0.25, 0.3) is 11.6 Å². The summed E-state index contributed by atoms with van der Waals surface area (Å²) in [5, 5.41) is 8.48. The van der Waals surface area contributed by atoms with E-state index in [9.17, 15) is 0 Å². The Balaban J connectivity index is 0.000000158. The van der Waals surface area contributed by atoms with Crippen LogP contribution < -0.4 is 0 Å². The summed E-state index contributed by atoms with van der Waals surface area (Å²) in [6.07, 6.45) is 8.56. The van der Waals surface area contributed by atoms with Gasteiger partial charge in [-0.25, -0.2) is 19.0 Å². The van der Waals surface area contributed by atoms with Gasteiger partial charge in [-0.1, -0.05) is 80.9 Å². The van der Waals surface area contributed by atoms with Crippen LogP contribution in [0.1, 0.15) is 48.8 Å². The molecule has 0 saturated carbocycles. The zero-order valence-corrected chi connectivity index (χ0v) is 21.2. The molecule has 0 aliphatic rings. The van der Waals surface area contributed by atoms with Crippen molar-refractivity contribution in [3.05, 3.63) is 120 Å². The number of aromatic nitrogens is 8. The van der Waals surface area contributed by atoms with E-state index in [0.717, 1.165) is 28.1 Å². The normalized spacial score (nSPS) is 10.6. The lowest BCUT2D eigenvalue weighted by atomic mass is 9.96. The van der Waals surface area contributed by atoms with E-state index in [1.54, 1.807) is 21.4 Å². The van der Waals surface area contributed by atoms with E-state index in [2.05, 4.69) is 74.6 Å². The summed E-state index contributed by atoms with van der Waals surface area (Å²) in [7, 11) is 0. The Morgan fingerprint density at radius 2 is 1.13 bits per heavy atom. The van der Waals surface area contributed by atoms with Gasteiger partial charge >= 0.3 is 0 Å². The number of hydrogen-bond acceptors (Lipinski definition) is 6. The Morgan fingerprint density at radius 3 is 1.71 bits per heavy atom. The molecule has 0 aliphatic heterocycles. The Bertz CT molecular complexity index is 1810. The molecule has 2 aromatic carbocycles. The molecule has 38 heavy (non-hydrogen) atoms. The SMILES string of the molecule is C(#Cc1cnc2ncnn2c1)c1ccccc1.CC(C)(C)c1nc2ncc(C#Cc3ccccc3)cn2n1. The van der Waals surface area contributed by atoms with E-state index in [1.807, 2.05) is 73.1 Å². The van der Waals surface area contributed by atoms with E-state index in [4.69, 9.17) is 0 Å². The maximum absolute atomic E-state index is 4.47. The molecule has 0 saturated heterocycles. The molecule has 0 unspecified atom stereocenters. The maximum atomic E-state index is 4.47. The molecular weight excluding hydrogens is 472 g/mol. The first-order chi connectivity index (χ1) is 18.4. The molecule has 4 heterocycles. The second-order valence-corrected chi connectivity index (χ2v) is 9.35. The van der Waals surface area contributed by atoms with Gasteiger partial charge in [0, 0.05) is 41.3 Å². The monoisotopic (exact) mass is 496 g/mol. The van der Waals surface area contributed by atoms with Crippen LogP contribution in [0.4, 0.5) is 0 Å². The Morgan fingerprint density at radius 1 is 0.605 bits per heavy atom. The lowest BCUT2D eigenvalue weighted by Crippen LogP contribution is -2.13. The first-order valence-corrected chi connectivity index (χ1v) is 12.0. The van der Waals surface area contributed by atoms with E-state index in [0.29, 0.717) is 11.6 Å². The van der Waals surface area contributed by atoms with Gasteiger partial charge in [0.05, 0.1) is 11.1 Å². The molecule has 0 N–H and O–H groups in total. The summed E-state index contributed by atoms with van der Waals surface area (Å²) in [6, 6.07) is 19.7. The molecule has 8 heteroatoms. The summed E-state index contributed by atoms with van der Waals surface area (Å²) < 4.78 is 3.30. The summed E-state index contributed by atoms with van der Waals surface area (Å²) >= 11 is 0. The van der Waals surface area contributed by atoms with E-state index in [-0.39, 0.29) is 5.41 Å². The molecule has 6 aromatic rings. The Kier molecular flexibility index (Phi) is 6.88. The predicted octanol–water partition coefficient (Wildman–Crippen LogP) is 4.35. The predicted molar refractivity (Wildman–Crippen MR) is 145 cm³/mol. The van der Waals surface area contributed by atoms with Gasteiger partial charge in [0.1, 0.15) is 6.33 Å². The van der Waals surface area contributed by atoms with Crippen molar-refractivity contribution < 1.29 is 0 Å². The van der Waals surface area contributed by atoms with Crippen molar-refractivity contribution in [3.8, 4) is 23.7 Å². The van der Waals surface area contributed by atoms with Crippen LogP contribution in [0.2, 0.25) is 0 Å². The van der Waals surface area contributed by atoms with Gasteiger partial charge in [-0.15, -0.1) is 5.10 Å². The van der Waals surface area contributed by atoms with Gasteiger partial charge in [-0.3, -0.25) is 0 Å². The molecular formula is C30H24N8. The van der Waals surface area contributed by atoms with Crippen LogP contribution >= 0.6 is 0 Å². The van der Waals surface area contributed by atoms with Crippen molar-refractivity contribution in [1.82, 2.24) is 39.2 Å². The highest BCUT2D eigenvalue weighted by Gasteiger charge is 2.20. The fourth-order valence-electron chi connectivity index (χ4n) is 3.28. The minimum absolute atomic E-state index is 0.0937. The lowest BCUT2D eigenvalue weighted by molar-refractivity contribution is 0.545. The highest BCUT2D eigenvalue weighted by Crippen LogP contribution is 2.18. The van der Waals surface area contributed by atoms with Crippen LogP contribution in [0, 0.1) is 23.7 Å². The van der Waals surface area contributed by atoms with Crippen molar-refractivity contribution in [2.75, 3.05) is 0 Å². The third-order valence-corrected chi connectivity index (χ3v) is 5.25. The minimum atomic E-state index is -0.0937. The molecule has 0 bridgehead atoms. The number of rotatable bonds is 0. The van der Waals surface area contributed by atoms with Gasteiger partial charge in [0.25, 0.3) is 11.6 Å². The molecule has 6 rings (SSSR count). The molecule has 0 aliphatic carbocycles. The number of fused-ring (bicyclic) bond motifs is 2. The lowest BCUT2D eigenvalue weighted by Gasteiger charge is -2.11. The molecule has 0 fully saturated rings. The number of benzene rings is 2. The molecule has 0 radical (unpaired) electrons.